The highest BCUT2D eigenvalue weighted by molar-refractivity contribution is 5.78. The summed E-state index contributed by atoms with van der Waals surface area (Å²) in [6.45, 7) is 0.281. The normalized spacial score (nSPS) is 10.6. The molecule has 6 nitrogen and oxygen atoms in total. The average molecular weight is 403 g/mol. The molecule has 0 spiro atoms. The molecule has 1 heterocycles. The van der Waals surface area contributed by atoms with E-state index in [1.165, 1.54) is 12.1 Å². The van der Waals surface area contributed by atoms with Crippen LogP contribution in [0.1, 0.15) is 5.56 Å². The summed E-state index contributed by atoms with van der Waals surface area (Å²) >= 11 is 0. The van der Waals surface area contributed by atoms with Gasteiger partial charge in [-0.3, -0.25) is 4.79 Å². The number of para-hydroxylation sites is 1. The number of aromatic nitrogens is 2. The number of benzene rings is 3. The molecular formula is C23H18FN3O3. The van der Waals surface area contributed by atoms with Crippen molar-refractivity contribution in [2.45, 2.75) is 6.54 Å². The minimum Gasteiger partial charge on any atom is -0.483 e. The Bertz CT molecular complexity index is 1130. The summed E-state index contributed by atoms with van der Waals surface area (Å²) in [6.07, 6.45) is 0. The number of hydrogen-bond acceptors (Lipinski definition) is 5. The molecule has 1 aromatic heterocycles. The molecule has 0 radical (unpaired) electrons. The predicted molar refractivity (Wildman–Crippen MR) is 109 cm³/mol. The van der Waals surface area contributed by atoms with Gasteiger partial charge >= 0.3 is 0 Å². The molecule has 7 heteroatoms. The van der Waals surface area contributed by atoms with Crippen molar-refractivity contribution < 1.29 is 18.4 Å². The van der Waals surface area contributed by atoms with Crippen LogP contribution in [-0.4, -0.2) is 22.7 Å². The van der Waals surface area contributed by atoms with E-state index in [2.05, 4.69) is 15.5 Å². The van der Waals surface area contributed by atoms with Gasteiger partial charge in [-0.25, -0.2) is 4.39 Å². The van der Waals surface area contributed by atoms with E-state index in [1.54, 1.807) is 30.3 Å². The fourth-order valence-electron chi connectivity index (χ4n) is 2.81. The molecule has 0 aliphatic carbocycles. The number of hydrogen-bond donors (Lipinski definition) is 1. The molecule has 0 aliphatic rings. The van der Waals surface area contributed by atoms with Gasteiger partial charge in [0.05, 0.1) is 5.56 Å². The van der Waals surface area contributed by atoms with Crippen molar-refractivity contribution in [3.8, 4) is 28.6 Å². The first-order valence-corrected chi connectivity index (χ1v) is 9.31. The molecule has 0 saturated heterocycles. The first-order chi connectivity index (χ1) is 14.7. The van der Waals surface area contributed by atoms with Gasteiger partial charge in [0.15, 0.2) is 6.61 Å². The molecule has 30 heavy (non-hydrogen) atoms. The van der Waals surface area contributed by atoms with Crippen LogP contribution in [-0.2, 0) is 11.3 Å². The van der Waals surface area contributed by atoms with Crippen LogP contribution in [0.15, 0.2) is 83.4 Å². The molecule has 0 fully saturated rings. The van der Waals surface area contributed by atoms with Crippen molar-refractivity contribution in [1.29, 1.82) is 0 Å². The van der Waals surface area contributed by atoms with Gasteiger partial charge in [0.2, 0.25) is 5.82 Å². The third-order valence-electron chi connectivity index (χ3n) is 4.34. The van der Waals surface area contributed by atoms with E-state index in [1.807, 2.05) is 36.4 Å². The Morgan fingerprint density at radius 1 is 0.967 bits per heavy atom. The number of nitrogens with one attached hydrogen (secondary N) is 1. The third kappa shape index (κ3) is 4.70. The van der Waals surface area contributed by atoms with Gasteiger partial charge in [-0.05, 0) is 42.0 Å². The lowest BCUT2D eigenvalue weighted by Gasteiger charge is -2.10. The number of halogens is 1. The topological polar surface area (TPSA) is 77.2 Å². The van der Waals surface area contributed by atoms with Gasteiger partial charge in [-0.1, -0.05) is 47.6 Å². The van der Waals surface area contributed by atoms with E-state index in [0.29, 0.717) is 29.2 Å². The first-order valence-electron chi connectivity index (χ1n) is 9.31. The zero-order chi connectivity index (χ0) is 20.8. The van der Waals surface area contributed by atoms with E-state index in [0.717, 1.165) is 5.56 Å². The van der Waals surface area contributed by atoms with Gasteiger partial charge in [0.25, 0.3) is 11.8 Å². The summed E-state index contributed by atoms with van der Waals surface area (Å²) in [5.74, 6) is 0.449. The quantitative estimate of drug-likeness (QED) is 0.500. The Labute approximate surface area is 172 Å². The van der Waals surface area contributed by atoms with Crippen LogP contribution < -0.4 is 10.1 Å². The van der Waals surface area contributed by atoms with Gasteiger partial charge in [-0.15, -0.1) is 0 Å². The summed E-state index contributed by atoms with van der Waals surface area (Å²) in [6, 6.07) is 22.5. The fourth-order valence-corrected chi connectivity index (χ4v) is 2.81. The molecule has 0 bridgehead atoms. The van der Waals surface area contributed by atoms with Gasteiger partial charge in [0.1, 0.15) is 11.6 Å². The second kappa shape index (κ2) is 9.00. The Morgan fingerprint density at radius 2 is 1.70 bits per heavy atom. The second-order valence-electron chi connectivity index (χ2n) is 6.48. The maximum Gasteiger partial charge on any atom is 0.258 e. The molecule has 3 aromatic carbocycles. The van der Waals surface area contributed by atoms with E-state index < -0.39 is 0 Å². The molecule has 0 atom stereocenters. The molecule has 0 aliphatic heterocycles. The van der Waals surface area contributed by atoms with Crippen LogP contribution >= 0.6 is 0 Å². The summed E-state index contributed by atoms with van der Waals surface area (Å²) in [5.41, 5.74) is 2.20. The van der Waals surface area contributed by atoms with Gasteiger partial charge in [0, 0.05) is 12.1 Å². The van der Waals surface area contributed by atoms with Crippen molar-refractivity contribution in [3.05, 3.63) is 90.2 Å². The number of ether oxygens (including phenoxy) is 1. The summed E-state index contributed by atoms with van der Waals surface area (Å²) < 4.78 is 24.1. The Balaban J connectivity index is 1.43. The lowest BCUT2D eigenvalue weighted by Crippen LogP contribution is -2.28. The minimum absolute atomic E-state index is 0.146. The highest BCUT2D eigenvalue weighted by Crippen LogP contribution is 2.29. The maximum atomic E-state index is 13.1. The van der Waals surface area contributed by atoms with E-state index in [9.17, 15) is 9.18 Å². The van der Waals surface area contributed by atoms with Crippen molar-refractivity contribution in [2.24, 2.45) is 0 Å². The molecular weight excluding hydrogens is 385 g/mol. The summed E-state index contributed by atoms with van der Waals surface area (Å²) in [7, 11) is 0. The Kier molecular flexibility index (Phi) is 5.80. The molecule has 150 valence electrons. The van der Waals surface area contributed by atoms with E-state index in [4.69, 9.17) is 9.26 Å². The number of carbonyl (C=O) groups excluding carboxylic acids is 1. The number of carbonyl (C=O) groups is 1. The van der Waals surface area contributed by atoms with E-state index >= 15 is 0 Å². The Hall–Kier alpha value is -4.00. The number of nitrogens with zero attached hydrogens (tertiary/aromatic N) is 2. The zero-order valence-electron chi connectivity index (χ0n) is 15.9. The molecule has 0 saturated carbocycles. The highest BCUT2D eigenvalue weighted by atomic mass is 19.1. The zero-order valence-corrected chi connectivity index (χ0v) is 15.9. The third-order valence-corrected chi connectivity index (χ3v) is 4.34. The fraction of sp³-hybridized carbons (Fsp3) is 0.0870. The minimum atomic E-state index is -0.345. The maximum absolute atomic E-state index is 13.1. The predicted octanol–water partition coefficient (Wildman–Crippen LogP) is 4.24. The van der Waals surface area contributed by atoms with Crippen molar-refractivity contribution in [1.82, 2.24) is 15.5 Å². The van der Waals surface area contributed by atoms with Crippen LogP contribution in [0, 0.1) is 5.82 Å². The SMILES string of the molecule is O=C(COc1ccccc1-c1noc(-c2ccc(F)cc2)n1)NCc1ccccc1. The van der Waals surface area contributed by atoms with Crippen molar-refractivity contribution in [3.63, 3.8) is 0 Å². The van der Waals surface area contributed by atoms with E-state index in [-0.39, 0.29) is 24.2 Å². The van der Waals surface area contributed by atoms with Crippen molar-refractivity contribution in [2.75, 3.05) is 6.61 Å². The Morgan fingerprint density at radius 3 is 2.50 bits per heavy atom. The molecule has 0 unspecified atom stereocenters. The standard InChI is InChI=1S/C23H18FN3O3/c24-18-12-10-17(11-13-18)23-26-22(27-30-23)19-8-4-5-9-20(19)29-15-21(28)25-14-16-6-2-1-3-7-16/h1-13H,14-15H2,(H,25,28). The second-order valence-corrected chi connectivity index (χ2v) is 6.48. The lowest BCUT2D eigenvalue weighted by atomic mass is 10.2. The first kappa shape index (κ1) is 19.3. The smallest absolute Gasteiger partial charge is 0.258 e. The van der Waals surface area contributed by atoms with Crippen LogP contribution in [0.25, 0.3) is 22.8 Å². The van der Waals surface area contributed by atoms with Crippen LogP contribution in [0.4, 0.5) is 4.39 Å². The monoisotopic (exact) mass is 403 g/mol. The van der Waals surface area contributed by atoms with Gasteiger partial charge < -0.3 is 14.6 Å². The summed E-state index contributed by atoms with van der Waals surface area (Å²) in [4.78, 5) is 16.5. The lowest BCUT2D eigenvalue weighted by molar-refractivity contribution is -0.123. The van der Waals surface area contributed by atoms with Crippen LogP contribution in [0.2, 0.25) is 0 Å². The number of amides is 1. The highest BCUT2D eigenvalue weighted by Gasteiger charge is 2.15. The number of rotatable bonds is 7. The average Bonchev–Trinajstić information content (AvgIpc) is 3.28. The van der Waals surface area contributed by atoms with Crippen molar-refractivity contribution >= 4 is 5.91 Å². The van der Waals surface area contributed by atoms with Crippen LogP contribution in [0.5, 0.6) is 5.75 Å². The molecule has 1 amide bonds. The largest absolute Gasteiger partial charge is 0.483 e. The van der Waals surface area contributed by atoms with Crippen LogP contribution in [0.3, 0.4) is 0 Å². The molecule has 4 aromatic rings. The molecule has 4 rings (SSSR count). The summed E-state index contributed by atoms with van der Waals surface area (Å²) in [5, 5.41) is 6.80. The molecule has 1 N–H and O–H groups in total. The van der Waals surface area contributed by atoms with Gasteiger partial charge in [-0.2, -0.15) is 4.98 Å².